The van der Waals surface area contributed by atoms with Gasteiger partial charge in [0.25, 0.3) is 0 Å². The van der Waals surface area contributed by atoms with E-state index in [1.807, 2.05) is 0 Å². The highest BCUT2D eigenvalue weighted by atomic mass is 16.6. The summed E-state index contributed by atoms with van der Waals surface area (Å²) in [4.78, 5) is 25.4. The van der Waals surface area contributed by atoms with E-state index in [4.69, 9.17) is 9.47 Å². The van der Waals surface area contributed by atoms with Gasteiger partial charge in [0.2, 0.25) is 0 Å². The Bertz CT molecular complexity index is 411. The zero-order valence-corrected chi connectivity index (χ0v) is 14.3. The van der Waals surface area contributed by atoms with Gasteiger partial charge in [0.05, 0.1) is 18.7 Å². The summed E-state index contributed by atoms with van der Waals surface area (Å²) in [7, 11) is 0. The number of aliphatic hydroxyl groups is 1. The number of amides is 2. The van der Waals surface area contributed by atoms with E-state index in [0.29, 0.717) is 13.0 Å². The molecule has 0 radical (unpaired) electrons. The van der Waals surface area contributed by atoms with E-state index in [-0.39, 0.29) is 18.7 Å². The largest absolute Gasteiger partial charge is 0.444 e. The van der Waals surface area contributed by atoms with Gasteiger partial charge in [0, 0.05) is 6.54 Å². The Kier molecular flexibility index (Phi) is 5.67. The van der Waals surface area contributed by atoms with Crippen LogP contribution in [0.3, 0.4) is 0 Å². The first-order valence-corrected chi connectivity index (χ1v) is 7.51. The number of hydrogen-bond donors (Lipinski definition) is 2. The number of aliphatic hydroxyl groups excluding tert-OH is 1. The van der Waals surface area contributed by atoms with Crippen molar-refractivity contribution in [3.8, 4) is 0 Å². The van der Waals surface area contributed by atoms with Gasteiger partial charge in [-0.3, -0.25) is 0 Å². The molecule has 128 valence electrons. The quantitative estimate of drug-likeness (QED) is 0.812. The van der Waals surface area contributed by atoms with Gasteiger partial charge in [-0.1, -0.05) is 0 Å². The number of hydrogen-bond acceptors (Lipinski definition) is 5. The summed E-state index contributed by atoms with van der Waals surface area (Å²) < 4.78 is 10.5. The van der Waals surface area contributed by atoms with Crippen molar-refractivity contribution in [3.63, 3.8) is 0 Å². The molecule has 0 spiro atoms. The lowest BCUT2D eigenvalue weighted by molar-refractivity contribution is 0.0170. The van der Waals surface area contributed by atoms with E-state index in [1.54, 1.807) is 41.5 Å². The van der Waals surface area contributed by atoms with Crippen LogP contribution in [0.1, 0.15) is 48.0 Å². The predicted molar refractivity (Wildman–Crippen MR) is 81.6 cm³/mol. The maximum atomic E-state index is 12.1. The van der Waals surface area contributed by atoms with E-state index in [9.17, 15) is 14.7 Å². The summed E-state index contributed by atoms with van der Waals surface area (Å²) in [6.45, 7) is 10.8. The lowest BCUT2D eigenvalue weighted by Gasteiger charge is -2.27. The molecule has 1 aliphatic rings. The van der Waals surface area contributed by atoms with Gasteiger partial charge < -0.3 is 24.8 Å². The Morgan fingerprint density at radius 1 is 1.14 bits per heavy atom. The standard InChI is InChI=1S/C15H28N2O5/c1-14(2,3)21-12(19)16-10-7-11(9-18)17(8-10)13(20)22-15(4,5)6/h10-11,18H,7-9H2,1-6H3,(H,16,19)/t10-,11-/m0/s1. The normalized spacial score (nSPS) is 22.4. The highest BCUT2D eigenvalue weighted by molar-refractivity contribution is 5.70. The number of ether oxygens (including phenoxy) is 2. The van der Waals surface area contributed by atoms with Crippen LogP contribution in [-0.2, 0) is 9.47 Å². The summed E-state index contributed by atoms with van der Waals surface area (Å²) in [5.41, 5.74) is -1.18. The molecule has 0 unspecified atom stereocenters. The zero-order chi connectivity index (χ0) is 17.1. The molecule has 1 rings (SSSR count). The highest BCUT2D eigenvalue weighted by Gasteiger charge is 2.38. The molecule has 2 N–H and O–H groups in total. The van der Waals surface area contributed by atoms with Crippen LogP contribution in [-0.4, -0.2) is 58.6 Å². The van der Waals surface area contributed by atoms with Gasteiger partial charge in [-0.05, 0) is 48.0 Å². The summed E-state index contributed by atoms with van der Waals surface area (Å²) in [5, 5.41) is 12.2. The Balaban J connectivity index is 2.61. The first kappa shape index (κ1) is 18.5. The van der Waals surface area contributed by atoms with E-state index in [0.717, 1.165) is 0 Å². The van der Waals surface area contributed by atoms with Crippen molar-refractivity contribution >= 4 is 12.2 Å². The minimum absolute atomic E-state index is 0.175. The number of nitrogens with zero attached hydrogens (tertiary/aromatic N) is 1. The first-order valence-electron chi connectivity index (χ1n) is 7.51. The smallest absolute Gasteiger partial charge is 0.410 e. The van der Waals surface area contributed by atoms with E-state index in [2.05, 4.69) is 5.32 Å². The van der Waals surface area contributed by atoms with Gasteiger partial charge in [-0.2, -0.15) is 0 Å². The maximum absolute atomic E-state index is 12.1. The van der Waals surface area contributed by atoms with E-state index >= 15 is 0 Å². The van der Waals surface area contributed by atoms with Gasteiger partial charge in [-0.25, -0.2) is 9.59 Å². The molecular weight excluding hydrogens is 288 g/mol. The molecule has 0 aromatic rings. The Morgan fingerprint density at radius 3 is 2.14 bits per heavy atom. The average Bonchev–Trinajstić information content (AvgIpc) is 2.66. The van der Waals surface area contributed by atoms with Crippen LogP contribution in [0.2, 0.25) is 0 Å². The lowest BCUT2D eigenvalue weighted by Crippen LogP contribution is -2.43. The summed E-state index contributed by atoms with van der Waals surface area (Å²) >= 11 is 0. The molecule has 1 heterocycles. The van der Waals surface area contributed by atoms with Crippen molar-refractivity contribution in [2.24, 2.45) is 0 Å². The second-order valence-electron chi connectivity index (χ2n) is 7.55. The SMILES string of the molecule is CC(C)(C)OC(=O)N[C@H]1C[C@@H](CO)N(C(=O)OC(C)(C)C)C1. The van der Waals surface area contributed by atoms with Crippen molar-refractivity contribution in [2.75, 3.05) is 13.2 Å². The van der Waals surface area contributed by atoms with Crippen LogP contribution < -0.4 is 5.32 Å². The van der Waals surface area contributed by atoms with Crippen molar-refractivity contribution in [1.29, 1.82) is 0 Å². The van der Waals surface area contributed by atoms with Gasteiger partial charge in [0.15, 0.2) is 0 Å². The zero-order valence-electron chi connectivity index (χ0n) is 14.3. The Labute approximate surface area is 131 Å². The number of rotatable bonds is 2. The fraction of sp³-hybridized carbons (Fsp3) is 0.867. The van der Waals surface area contributed by atoms with Crippen LogP contribution in [0, 0.1) is 0 Å². The topological polar surface area (TPSA) is 88.1 Å². The molecule has 1 fully saturated rings. The molecule has 1 aliphatic heterocycles. The molecule has 2 amide bonds. The number of nitrogens with one attached hydrogen (secondary N) is 1. The minimum Gasteiger partial charge on any atom is -0.444 e. The molecule has 7 nitrogen and oxygen atoms in total. The maximum Gasteiger partial charge on any atom is 0.410 e. The third-order valence-electron chi connectivity index (χ3n) is 2.97. The fourth-order valence-corrected chi connectivity index (χ4v) is 2.21. The summed E-state index contributed by atoms with van der Waals surface area (Å²) in [6, 6.07) is -0.630. The third-order valence-corrected chi connectivity index (χ3v) is 2.97. The number of carbonyl (C=O) groups is 2. The number of likely N-dealkylation sites (tertiary alicyclic amines) is 1. The van der Waals surface area contributed by atoms with Crippen molar-refractivity contribution in [1.82, 2.24) is 10.2 Å². The fourth-order valence-electron chi connectivity index (χ4n) is 2.21. The van der Waals surface area contributed by atoms with E-state index < -0.39 is 23.4 Å². The predicted octanol–water partition coefficient (Wildman–Crippen LogP) is 1.88. The second kappa shape index (κ2) is 6.73. The number of alkyl carbamates (subject to hydrolysis) is 1. The molecule has 7 heteroatoms. The molecule has 22 heavy (non-hydrogen) atoms. The van der Waals surface area contributed by atoms with Gasteiger partial charge in [-0.15, -0.1) is 0 Å². The minimum atomic E-state index is -0.603. The molecular formula is C15H28N2O5. The van der Waals surface area contributed by atoms with Gasteiger partial charge in [0.1, 0.15) is 11.2 Å². The molecule has 0 bridgehead atoms. The lowest BCUT2D eigenvalue weighted by atomic mass is 10.2. The van der Waals surface area contributed by atoms with Crippen molar-refractivity contribution in [3.05, 3.63) is 0 Å². The van der Waals surface area contributed by atoms with Crippen molar-refractivity contribution in [2.45, 2.75) is 71.2 Å². The summed E-state index contributed by atoms with van der Waals surface area (Å²) in [5.74, 6) is 0. The molecule has 0 aromatic heterocycles. The molecule has 1 saturated heterocycles. The van der Waals surface area contributed by atoms with Crippen LogP contribution >= 0.6 is 0 Å². The highest BCUT2D eigenvalue weighted by Crippen LogP contribution is 2.21. The Hall–Kier alpha value is -1.50. The third kappa shape index (κ3) is 6.09. The van der Waals surface area contributed by atoms with Crippen molar-refractivity contribution < 1.29 is 24.2 Å². The first-order chi connectivity index (χ1) is 9.91. The molecule has 2 atom stereocenters. The molecule has 0 aliphatic carbocycles. The van der Waals surface area contributed by atoms with Crippen LogP contribution in [0.15, 0.2) is 0 Å². The van der Waals surface area contributed by atoms with Crippen LogP contribution in [0.4, 0.5) is 9.59 Å². The van der Waals surface area contributed by atoms with Gasteiger partial charge >= 0.3 is 12.2 Å². The molecule has 0 aromatic carbocycles. The monoisotopic (exact) mass is 316 g/mol. The summed E-state index contributed by atoms with van der Waals surface area (Å²) in [6.07, 6.45) is -0.546. The van der Waals surface area contributed by atoms with Crippen LogP contribution in [0.25, 0.3) is 0 Å². The number of carbonyl (C=O) groups excluding carboxylic acids is 2. The second-order valence-corrected chi connectivity index (χ2v) is 7.55. The molecule has 0 saturated carbocycles. The Morgan fingerprint density at radius 2 is 1.68 bits per heavy atom. The average molecular weight is 316 g/mol. The van der Waals surface area contributed by atoms with E-state index in [1.165, 1.54) is 4.90 Å². The van der Waals surface area contributed by atoms with Crippen LogP contribution in [0.5, 0.6) is 0 Å².